The number of sulfonamides is 1. The molecule has 0 aromatic carbocycles. The highest BCUT2D eigenvalue weighted by molar-refractivity contribution is 7.91. The number of thiophene rings is 1. The van der Waals surface area contributed by atoms with Crippen molar-refractivity contribution >= 4 is 21.4 Å². The molecule has 1 fully saturated rings. The Balaban J connectivity index is 2.10. The SMILES string of the molecule is COC1(CNS(=O)(=O)c2cc(C)c(CO)s2)CCOC1. The summed E-state index contributed by atoms with van der Waals surface area (Å²) in [5.74, 6) is 0. The van der Waals surface area contributed by atoms with E-state index >= 15 is 0 Å². The molecule has 1 aliphatic rings. The number of methoxy groups -OCH3 is 1. The van der Waals surface area contributed by atoms with Crippen LogP contribution in [-0.4, -0.2) is 46.0 Å². The van der Waals surface area contributed by atoms with Gasteiger partial charge in [0.05, 0.1) is 13.2 Å². The maximum absolute atomic E-state index is 12.2. The van der Waals surface area contributed by atoms with Gasteiger partial charge in [0.15, 0.2) is 0 Å². The lowest BCUT2D eigenvalue weighted by atomic mass is 10.0. The van der Waals surface area contributed by atoms with Crippen LogP contribution >= 0.6 is 11.3 Å². The zero-order chi connectivity index (χ0) is 14.8. The quantitative estimate of drug-likeness (QED) is 0.803. The molecule has 1 aromatic rings. The number of nitrogens with one attached hydrogen (secondary N) is 1. The van der Waals surface area contributed by atoms with E-state index in [0.717, 1.165) is 16.9 Å². The van der Waals surface area contributed by atoms with Crippen LogP contribution in [0.15, 0.2) is 10.3 Å². The summed E-state index contributed by atoms with van der Waals surface area (Å²) in [5, 5.41) is 9.14. The molecular weight excluding hydrogens is 302 g/mol. The summed E-state index contributed by atoms with van der Waals surface area (Å²) in [4.78, 5) is 0.663. The van der Waals surface area contributed by atoms with Crippen molar-refractivity contribution in [3.63, 3.8) is 0 Å². The van der Waals surface area contributed by atoms with Gasteiger partial charge >= 0.3 is 0 Å². The zero-order valence-corrected chi connectivity index (χ0v) is 13.1. The van der Waals surface area contributed by atoms with Crippen LogP contribution in [0.3, 0.4) is 0 Å². The zero-order valence-electron chi connectivity index (χ0n) is 11.5. The van der Waals surface area contributed by atoms with Gasteiger partial charge in [-0.1, -0.05) is 0 Å². The second-order valence-electron chi connectivity index (χ2n) is 4.84. The van der Waals surface area contributed by atoms with Gasteiger partial charge in [-0.3, -0.25) is 0 Å². The van der Waals surface area contributed by atoms with E-state index in [0.29, 0.717) is 24.5 Å². The molecule has 1 unspecified atom stereocenters. The molecule has 0 spiro atoms. The molecule has 20 heavy (non-hydrogen) atoms. The minimum atomic E-state index is -3.59. The van der Waals surface area contributed by atoms with Crippen molar-refractivity contribution in [3.05, 3.63) is 16.5 Å². The maximum Gasteiger partial charge on any atom is 0.250 e. The van der Waals surface area contributed by atoms with Gasteiger partial charge in [0, 0.05) is 31.6 Å². The predicted molar refractivity (Wildman–Crippen MR) is 75.3 cm³/mol. The molecule has 0 bridgehead atoms. The smallest absolute Gasteiger partial charge is 0.250 e. The van der Waals surface area contributed by atoms with Crippen LogP contribution in [0.25, 0.3) is 0 Å². The molecule has 8 heteroatoms. The molecule has 114 valence electrons. The summed E-state index contributed by atoms with van der Waals surface area (Å²) < 4.78 is 37.9. The Labute approximate surface area is 122 Å². The van der Waals surface area contributed by atoms with Gasteiger partial charge in [-0.05, 0) is 18.6 Å². The van der Waals surface area contributed by atoms with Crippen LogP contribution in [-0.2, 0) is 26.1 Å². The fourth-order valence-corrected chi connectivity index (χ4v) is 4.64. The van der Waals surface area contributed by atoms with Crippen LogP contribution in [0.5, 0.6) is 0 Å². The molecule has 1 saturated heterocycles. The molecule has 0 saturated carbocycles. The van der Waals surface area contributed by atoms with Crippen molar-refractivity contribution in [2.45, 2.75) is 29.8 Å². The van der Waals surface area contributed by atoms with E-state index in [-0.39, 0.29) is 17.4 Å². The fraction of sp³-hybridized carbons (Fsp3) is 0.667. The normalized spacial score (nSPS) is 23.4. The first-order valence-electron chi connectivity index (χ1n) is 6.25. The Morgan fingerprint density at radius 1 is 1.60 bits per heavy atom. The summed E-state index contributed by atoms with van der Waals surface area (Å²) in [6.45, 7) is 2.77. The van der Waals surface area contributed by atoms with E-state index in [1.165, 1.54) is 0 Å². The third kappa shape index (κ3) is 3.21. The highest BCUT2D eigenvalue weighted by Crippen LogP contribution is 2.27. The van der Waals surface area contributed by atoms with Crippen molar-refractivity contribution in [2.75, 3.05) is 26.9 Å². The Hall–Kier alpha value is -0.510. The van der Waals surface area contributed by atoms with Crippen molar-refractivity contribution in [2.24, 2.45) is 0 Å². The van der Waals surface area contributed by atoms with Crippen LogP contribution < -0.4 is 4.72 Å². The van der Waals surface area contributed by atoms with Crippen molar-refractivity contribution < 1.29 is 23.0 Å². The van der Waals surface area contributed by atoms with Crippen LogP contribution in [0.4, 0.5) is 0 Å². The second-order valence-corrected chi connectivity index (χ2v) is 7.97. The number of aryl methyl sites for hydroxylation is 1. The first-order valence-corrected chi connectivity index (χ1v) is 8.55. The molecule has 2 rings (SSSR count). The number of aliphatic hydroxyl groups is 1. The molecule has 1 aliphatic heterocycles. The predicted octanol–water partition coefficient (Wildman–Crippen LogP) is 0.633. The molecule has 1 aromatic heterocycles. The van der Waals surface area contributed by atoms with Gasteiger partial charge in [-0.15, -0.1) is 11.3 Å². The van der Waals surface area contributed by atoms with Crippen LogP contribution in [0.2, 0.25) is 0 Å². The Morgan fingerprint density at radius 2 is 2.35 bits per heavy atom. The molecule has 0 radical (unpaired) electrons. The van der Waals surface area contributed by atoms with Crippen LogP contribution in [0, 0.1) is 6.92 Å². The van der Waals surface area contributed by atoms with E-state index in [1.807, 2.05) is 0 Å². The molecule has 6 nitrogen and oxygen atoms in total. The number of ether oxygens (including phenoxy) is 2. The van der Waals surface area contributed by atoms with Gasteiger partial charge in [-0.25, -0.2) is 13.1 Å². The fourth-order valence-electron chi connectivity index (χ4n) is 2.04. The molecule has 1 atom stereocenters. The first kappa shape index (κ1) is 15.9. The monoisotopic (exact) mass is 321 g/mol. The van der Waals surface area contributed by atoms with Gasteiger partial charge in [0.25, 0.3) is 0 Å². The molecule has 0 aliphatic carbocycles. The molecule has 0 amide bonds. The lowest BCUT2D eigenvalue weighted by molar-refractivity contribution is -0.0120. The average molecular weight is 321 g/mol. The van der Waals surface area contributed by atoms with Crippen LogP contribution in [0.1, 0.15) is 16.9 Å². The lowest BCUT2D eigenvalue weighted by Gasteiger charge is -2.25. The third-order valence-electron chi connectivity index (χ3n) is 3.49. The number of hydrogen-bond donors (Lipinski definition) is 2. The van der Waals surface area contributed by atoms with Gasteiger partial charge < -0.3 is 14.6 Å². The van der Waals surface area contributed by atoms with E-state index in [4.69, 9.17) is 14.6 Å². The molecular formula is C12H19NO5S2. The standard InChI is InChI=1S/C12H19NO5S2/c1-9-5-11(19-10(9)6-14)20(15,16)13-7-12(17-2)3-4-18-8-12/h5,13-14H,3-4,6-8H2,1-2H3. The molecule has 2 heterocycles. The minimum absolute atomic E-state index is 0.151. The second kappa shape index (κ2) is 6.08. The lowest BCUT2D eigenvalue weighted by Crippen LogP contribution is -2.44. The minimum Gasteiger partial charge on any atom is -0.391 e. The summed E-state index contributed by atoms with van der Waals surface area (Å²) in [6.07, 6.45) is 0.664. The Morgan fingerprint density at radius 3 is 2.85 bits per heavy atom. The summed E-state index contributed by atoms with van der Waals surface area (Å²) in [5.41, 5.74) is 0.197. The third-order valence-corrected chi connectivity index (χ3v) is 6.59. The van der Waals surface area contributed by atoms with Gasteiger partial charge in [-0.2, -0.15) is 0 Å². The summed E-state index contributed by atoms with van der Waals surface area (Å²) in [6, 6.07) is 1.57. The maximum atomic E-state index is 12.2. The largest absolute Gasteiger partial charge is 0.391 e. The highest BCUT2D eigenvalue weighted by atomic mass is 32.2. The Kier molecular flexibility index (Phi) is 4.83. The topological polar surface area (TPSA) is 84.9 Å². The number of rotatable bonds is 6. The van der Waals surface area contributed by atoms with E-state index in [2.05, 4.69) is 4.72 Å². The Bertz CT molecular complexity index is 560. The van der Waals surface area contributed by atoms with Gasteiger partial charge in [0.2, 0.25) is 10.0 Å². The van der Waals surface area contributed by atoms with Crippen molar-refractivity contribution in [3.8, 4) is 0 Å². The number of aliphatic hydroxyl groups excluding tert-OH is 1. The highest BCUT2D eigenvalue weighted by Gasteiger charge is 2.36. The first-order chi connectivity index (χ1) is 9.42. The van der Waals surface area contributed by atoms with Crippen molar-refractivity contribution in [1.82, 2.24) is 4.72 Å². The van der Waals surface area contributed by atoms with E-state index < -0.39 is 15.6 Å². The van der Waals surface area contributed by atoms with Gasteiger partial charge in [0.1, 0.15) is 9.81 Å². The van der Waals surface area contributed by atoms with E-state index in [9.17, 15) is 8.42 Å². The van der Waals surface area contributed by atoms with E-state index in [1.54, 1.807) is 20.1 Å². The van der Waals surface area contributed by atoms with Crippen molar-refractivity contribution in [1.29, 1.82) is 0 Å². The summed E-state index contributed by atoms with van der Waals surface area (Å²) >= 11 is 1.08. The number of hydrogen-bond acceptors (Lipinski definition) is 6. The average Bonchev–Trinajstić information content (AvgIpc) is 3.04. The molecule has 2 N–H and O–H groups in total. The summed E-state index contributed by atoms with van der Waals surface area (Å²) in [7, 11) is -2.03.